The van der Waals surface area contributed by atoms with Crippen LogP contribution in [0.25, 0.3) is 0 Å². The van der Waals surface area contributed by atoms with E-state index in [1.165, 1.54) is 12.1 Å². The topological polar surface area (TPSA) is 26.3 Å². The molecule has 1 aliphatic rings. The molecular weight excluding hydrogens is 245 g/mol. The monoisotopic (exact) mass is 258 g/mol. The van der Waals surface area contributed by atoms with Gasteiger partial charge in [0.25, 0.3) is 0 Å². The number of carbonyl (C=O) groups excluding carboxylic acids is 1. The highest BCUT2D eigenvalue weighted by molar-refractivity contribution is 5.54. The Balaban J connectivity index is 2.14. The van der Waals surface area contributed by atoms with Crippen LogP contribution < -0.4 is 4.74 Å². The molecule has 0 bridgehead atoms. The minimum Gasteiger partial charge on any atom is -0.406 e. The van der Waals surface area contributed by atoms with Crippen molar-refractivity contribution in [2.45, 2.75) is 37.5 Å². The van der Waals surface area contributed by atoms with Crippen molar-refractivity contribution in [2.24, 2.45) is 0 Å². The van der Waals surface area contributed by atoms with Crippen molar-refractivity contribution >= 4 is 6.29 Å². The van der Waals surface area contributed by atoms with Gasteiger partial charge in [0, 0.05) is 11.8 Å². The summed E-state index contributed by atoms with van der Waals surface area (Å²) >= 11 is 0. The van der Waals surface area contributed by atoms with Gasteiger partial charge in [0.15, 0.2) is 0 Å². The number of rotatable bonds is 4. The number of halogens is 3. The zero-order valence-corrected chi connectivity index (χ0v) is 9.67. The Kier molecular flexibility index (Phi) is 3.32. The van der Waals surface area contributed by atoms with Crippen molar-refractivity contribution in [1.29, 1.82) is 0 Å². The largest absolute Gasteiger partial charge is 0.573 e. The molecule has 18 heavy (non-hydrogen) atoms. The molecule has 98 valence electrons. The van der Waals surface area contributed by atoms with Gasteiger partial charge >= 0.3 is 6.36 Å². The average Bonchev–Trinajstić information content (AvgIpc) is 2.23. The maximum Gasteiger partial charge on any atom is 0.573 e. The summed E-state index contributed by atoms with van der Waals surface area (Å²) < 4.78 is 39.8. The first-order valence-corrected chi connectivity index (χ1v) is 5.75. The molecule has 1 aliphatic carbocycles. The Bertz CT molecular complexity index is 419. The van der Waals surface area contributed by atoms with Gasteiger partial charge in [0.1, 0.15) is 12.0 Å². The highest BCUT2D eigenvalue weighted by atomic mass is 19.4. The molecule has 0 saturated heterocycles. The van der Waals surface area contributed by atoms with Gasteiger partial charge < -0.3 is 9.53 Å². The third-order valence-electron chi connectivity index (χ3n) is 3.48. The molecule has 0 atom stereocenters. The van der Waals surface area contributed by atoms with E-state index >= 15 is 0 Å². The Labute approximate surface area is 103 Å². The van der Waals surface area contributed by atoms with E-state index in [2.05, 4.69) is 4.74 Å². The van der Waals surface area contributed by atoms with Gasteiger partial charge in [0.05, 0.1) is 0 Å². The van der Waals surface area contributed by atoms with Crippen molar-refractivity contribution in [1.82, 2.24) is 0 Å². The smallest absolute Gasteiger partial charge is 0.406 e. The van der Waals surface area contributed by atoms with E-state index in [0.29, 0.717) is 6.42 Å². The molecule has 0 unspecified atom stereocenters. The first-order chi connectivity index (χ1) is 8.45. The summed E-state index contributed by atoms with van der Waals surface area (Å²) in [5, 5.41) is 0. The molecule has 0 heterocycles. The first-order valence-electron chi connectivity index (χ1n) is 5.75. The minimum absolute atomic E-state index is 0.168. The second-order valence-electron chi connectivity index (χ2n) is 4.58. The van der Waals surface area contributed by atoms with Crippen LogP contribution >= 0.6 is 0 Å². The van der Waals surface area contributed by atoms with Crippen molar-refractivity contribution in [2.75, 3.05) is 0 Å². The second-order valence-corrected chi connectivity index (χ2v) is 4.58. The maximum atomic E-state index is 12.0. The average molecular weight is 258 g/mol. The van der Waals surface area contributed by atoms with Crippen molar-refractivity contribution < 1.29 is 22.7 Å². The molecule has 1 aromatic carbocycles. The Morgan fingerprint density at radius 1 is 1.22 bits per heavy atom. The maximum absolute atomic E-state index is 12.0. The van der Waals surface area contributed by atoms with Crippen molar-refractivity contribution in [3.8, 4) is 5.75 Å². The van der Waals surface area contributed by atoms with E-state index in [4.69, 9.17) is 0 Å². The van der Waals surface area contributed by atoms with Gasteiger partial charge in [-0.2, -0.15) is 0 Å². The van der Waals surface area contributed by atoms with Crippen LogP contribution in [0.15, 0.2) is 24.3 Å². The molecule has 0 spiro atoms. The zero-order valence-electron chi connectivity index (χ0n) is 9.67. The van der Waals surface area contributed by atoms with Crippen LogP contribution in [-0.4, -0.2) is 12.6 Å². The fourth-order valence-electron chi connectivity index (χ4n) is 2.38. The van der Waals surface area contributed by atoms with Crippen molar-refractivity contribution in [3.05, 3.63) is 29.8 Å². The summed E-state index contributed by atoms with van der Waals surface area (Å²) in [5.74, 6) is -0.230. The van der Waals surface area contributed by atoms with Crippen molar-refractivity contribution in [3.63, 3.8) is 0 Å². The summed E-state index contributed by atoms with van der Waals surface area (Å²) in [6.45, 7) is 0. The van der Waals surface area contributed by atoms with Crippen LogP contribution in [0, 0.1) is 0 Å². The molecule has 0 aromatic heterocycles. The van der Waals surface area contributed by atoms with E-state index in [1.54, 1.807) is 12.1 Å². The Hall–Kier alpha value is -1.52. The lowest BCUT2D eigenvalue weighted by molar-refractivity contribution is -0.274. The van der Waals surface area contributed by atoms with E-state index in [0.717, 1.165) is 31.1 Å². The predicted octanol–water partition coefficient (Wildman–Crippen LogP) is 3.60. The molecule has 1 saturated carbocycles. The third-order valence-corrected chi connectivity index (χ3v) is 3.48. The molecule has 0 amide bonds. The molecular formula is C13H13F3O2. The van der Waals surface area contributed by atoms with Gasteiger partial charge in [-0.1, -0.05) is 18.6 Å². The number of carbonyl (C=O) groups is 1. The van der Waals surface area contributed by atoms with Crippen LogP contribution in [0.2, 0.25) is 0 Å². The van der Waals surface area contributed by atoms with Crippen LogP contribution in [0.4, 0.5) is 13.2 Å². The highest BCUT2D eigenvalue weighted by Gasteiger charge is 2.38. The van der Waals surface area contributed by atoms with Crippen LogP contribution in [-0.2, 0) is 10.2 Å². The molecule has 2 rings (SSSR count). The lowest BCUT2D eigenvalue weighted by Gasteiger charge is -2.41. The normalized spacial score (nSPS) is 17.9. The number of hydrogen-bond donors (Lipinski definition) is 0. The SMILES string of the molecule is O=CCC1(c2ccc(OC(F)(F)F)cc2)CCC1. The molecule has 1 fully saturated rings. The summed E-state index contributed by atoms with van der Waals surface area (Å²) in [7, 11) is 0. The van der Waals surface area contributed by atoms with Gasteiger partial charge in [-0.3, -0.25) is 0 Å². The number of alkyl halides is 3. The zero-order chi connectivity index (χ0) is 13.2. The molecule has 0 N–H and O–H groups in total. The Morgan fingerprint density at radius 3 is 2.22 bits per heavy atom. The molecule has 0 radical (unpaired) electrons. The predicted molar refractivity (Wildman–Crippen MR) is 59.3 cm³/mol. The second kappa shape index (κ2) is 4.63. The summed E-state index contributed by atoms with van der Waals surface area (Å²) in [4.78, 5) is 10.7. The number of hydrogen-bond acceptors (Lipinski definition) is 2. The van der Waals surface area contributed by atoms with Gasteiger partial charge in [-0.05, 0) is 30.5 Å². The fourth-order valence-corrected chi connectivity index (χ4v) is 2.38. The molecule has 2 nitrogen and oxygen atoms in total. The molecule has 1 aromatic rings. The summed E-state index contributed by atoms with van der Waals surface area (Å²) in [6, 6.07) is 5.83. The Morgan fingerprint density at radius 2 is 1.83 bits per heavy atom. The standard InChI is InChI=1S/C13H13F3O2/c14-13(15,16)18-11-4-2-10(3-5-11)12(8-9-17)6-1-7-12/h2-5,9H,1,6-8H2. The molecule has 5 heteroatoms. The summed E-state index contributed by atoms with van der Waals surface area (Å²) in [5.41, 5.74) is 0.744. The first kappa shape index (κ1) is 12.9. The van der Waals surface area contributed by atoms with Crippen LogP contribution in [0.3, 0.4) is 0 Å². The highest BCUT2D eigenvalue weighted by Crippen LogP contribution is 2.46. The third kappa shape index (κ3) is 2.66. The lowest BCUT2D eigenvalue weighted by atomic mass is 9.63. The number of aldehydes is 1. The summed E-state index contributed by atoms with van der Waals surface area (Å²) in [6.07, 6.45) is -0.505. The quantitative estimate of drug-likeness (QED) is 0.771. The molecule has 0 aliphatic heterocycles. The fraction of sp³-hybridized carbons (Fsp3) is 0.462. The van der Waals surface area contributed by atoms with Crippen LogP contribution in [0.5, 0.6) is 5.75 Å². The van der Waals surface area contributed by atoms with E-state index in [9.17, 15) is 18.0 Å². The van der Waals surface area contributed by atoms with Gasteiger partial charge in [-0.25, -0.2) is 0 Å². The van der Waals surface area contributed by atoms with Gasteiger partial charge in [-0.15, -0.1) is 13.2 Å². The number of benzene rings is 1. The lowest BCUT2D eigenvalue weighted by Crippen LogP contribution is -2.34. The minimum atomic E-state index is -4.67. The van der Waals surface area contributed by atoms with Gasteiger partial charge in [0.2, 0.25) is 0 Å². The van der Waals surface area contributed by atoms with Crippen LogP contribution in [0.1, 0.15) is 31.2 Å². The van der Waals surface area contributed by atoms with E-state index in [-0.39, 0.29) is 11.2 Å². The van der Waals surface area contributed by atoms with E-state index in [1.807, 2.05) is 0 Å². The van der Waals surface area contributed by atoms with E-state index < -0.39 is 6.36 Å². The number of ether oxygens (including phenoxy) is 1.